The molecule has 2 heterocycles. The normalized spacial score (nSPS) is 30.3. The largest absolute Gasteiger partial charge is 0.474 e. The maximum atomic E-state index is 5.47. The van der Waals surface area contributed by atoms with Gasteiger partial charge in [-0.25, -0.2) is 9.98 Å². The van der Waals surface area contributed by atoms with Gasteiger partial charge in [-0.2, -0.15) is 0 Å². The first kappa shape index (κ1) is 14.6. The highest BCUT2D eigenvalue weighted by Gasteiger charge is 2.25. The molecule has 2 aliphatic rings. The van der Waals surface area contributed by atoms with Gasteiger partial charge in [-0.3, -0.25) is 0 Å². The third-order valence-electron chi connectivity index (χ3n) is 3.74. The molecular weight excluding hydrogens is 276 g/mol. The Morgan fingerprint density at radius 2 is 1.23 bits per heavy atom. The number of hydrogen-bond donors (Lipinski definition) is 0. The quantitative estimate of drug-likeness (QED) is 0.793. The van der Waals surface area contributed by atoms with E-state index in [4.69, 9.17) is 9.47 Å². The van der Waals surface area contributed by atoms with Crippen molar-refractivity contribution in [3.8, 4) is 0 Å². The Morgan fingerprint density at radius 1 is 0.818 bits per heavy atom. The average molecular weight is 296 g/mol. The van der Waals surface area contributed by atoms with Crippen molar-refractivity contribution in [2.24, 2.45) is 9.98 Å². The molecule has 2 aliphatic heterocycles. The van der Waals surface area contributed by atoms with E-state index < -0.39 is 11.4 Å². The molecule has 0 amide bonds. The first-order valence-electron chi connectivity index (χ1n) is 7.43. The zero-order chi connectivity index (χ0) is 15.5. The van der Waals surface area contributed by atoms with E-state index in [2.05, 4.69) is 9.98 Å². The first-order chi connectivity index (χ1) is 10.6. The summed E-state index contributed by atoms with van der Waals surface area (Å²) in [5.41, 5.74) is 1.17. The second kappa shape index (κ2) is 5.79. The summed E-state index contributed by atoms with van der Waals surface area (Å²) >= 11 is 0. The van der Waals surface area contributed by atoms with E-state index in [-0.39, 0.29) is 0 Å². The highest BCUT2D eigenvalue weighted by atomic mass is 16.5. The van der Waals surface area contributed by atoms with E-state index in [1.807, 2.05) is 62.7 Å². The zero-order valence-electron chi connectivity index (χ0n) is 12.9. The van der Waals surface area contributed by atoms with E-state index in [0.29, 0.717) is 0 Å². The minimum Gasteiger partial charge on any atom is -0.474 e. The Morgan fingerprint density at radius 3 is 1.55 bits per heavy atom. The van der Waals surface area contributed by atoms with Gasteiger partial charge in [0.2, 0.25) is 0 Å². The molecule has 0 spiro atoms. The second-order valence-corrected chi connectivity index (χ2v) is 5.92. The summed E-state index contributed by atoms with van der Waals surface area (Å²) < 4.78 is 10.9. The average Bonchev–Trinajstić information content (AvgIpc) is 3.14. The molecule has 0 radical (unpaired) electrons. The van der Waals surface area contributed by atoms with Gasteiger partial charge in [0, 0.05) is 25.3 Å². The molecule has 0 aromatic heterocycles. The number of benzene rings is 1. The van der Waals surface area contributed by atoms with Crippen LogP contribution in [0.3, 0.4) is 0 Å². The lowest BCUT2D eigenvalue weighted by Gasteiger charge is -2.18. The molecule has 0 N–H and O–H groups in total. The van der Waals surface area contributed by atoms with Gasteiger partial charge < -0.3 is 9.47 Å². The standard InChI is InChI=1S/C18H20N2O2/c1-17(9-3-11-21-17)19-13-15-5-7-16(8-6-15)14-20-18(2)10-4-12-22-18/h3-8,11-14H,9-10H2,1-2H3/b19-13+,20-14+. The van der Waals surface area contributed by atoms with Crippen LogP contribution >= 0.6 is 0 Å². The minimum absolute atomic E-state index is 0.457. The first-order valence-corrected chi connectivity index (χ1v) is 7.43. The topological polar surface area (TPSA) is 43.2 Å². The molecule has 0 aliphatic carbocycles. The van der Waals surface area contributed by atoms with Gasteiger partial charge >= 0.3 is 0 Å². The zero-order valence-corrected chi connectivity index (χ0v) is 12.9. The summed E-state index contributed by atoms with van der Waals surface area (Å²) in [6.45, 7) is 3.95. The van der Waals surface area contributed by atoms with Crippen LogP contribution < -0.4 is 0 Å². The fraction of sp³-hybridized carbons (Fsp3) is 0.333. The van der Waals surface area contributed by atoms with Crippen LogP contribution in [0.2, 0.25) is 0 Å². The minimum atomic E-state index is -0.457. The Labute approximate surface area is 130 Å². The highest BCUT2D eigenvalue weighted by Crippen LogP contribution is 2.24. The molecule has 4 heteroatoms. The fourth-order valence-corrected chi connectivity index (χ4v) is 2.28. The number of nitrogens with zero attached hydrogens (tertiary/aromatic N) is 2. The van der Waals surface area contributed by atoms with Crippen molar-refractivity contribution < 1.29 is 9.47 Å². The molecule has 114 valence electrons. The molecule has 22 heavy (non-hydrogen) atoms. The van der Waals surface area contributed by atoms with E-state index in [0.717, 1.165) is 24.0 Å². The van der Waals surface area contributed by atoms with Gasteiger partial charge in [0.25, 0.3) is 0 Å². The molecule has 0 bridgehead atoms. The Bertz CT molecular complexity index is 569. The monoisotopic (exact) mass is 296 g/mol. The van der Waals surface area contributed by atoms with E-state index in [1.54, 1.807) is 12.5 Å². The SMILES string of the molecule is CC1(/N=C/c2ccc(/C=N/C3(C)CC=CO3)cc2)CC=CO1. The second-order valence-electron chi connectivity index (χ2n) is 5.92. The summed E-state index contributed by atoms with van der Waals surface area (Å²) in [6, 6.07) is 8.08. The lowest BCUT2D eigenvalue weighted by atomic mass is 10.1. The van der Waals surface area contributed by atoms with Crippen molar-refractivity contribution >= 4 is 12.4 Å². The lowest BCUT2D eigenvalue weighted by molar-refractivity contribution is 0.0731. The van der Waals surface area contributed by atoms with Crippen molar-refractivity contribution in [1.29, 1.82) is 0 Å². The molecule has 4 nitrogen and oxygen atoms in total. The fourth-order valence-electron chi connectivity index (χ4n) is 2.28. The number of aliphatic imine (C=N–C) groups is 2. The van der Waals surface area contributed by atoms with Crippen molar-refractivity contribution in [2.75, 3.05) is 0 Å². The highest BCUT2D eigenvalue weighted by molar-refractivity contribution is 5.84. The molecule has 0 saturated carbocycles. The molecule has 3 rings (SSSR count). The molecule has 0 fully saturated rings. The lowest BCUT2D eigenvalue weighted by Crippen LogP contribution is -2.19. The van der Waals surface area contributed by atoms with Crippen LogP contribution in [0.15, 0.2) is 58.9 Å². The third-order valence-corrected chi connectivity index (χ3v) is 3.74. The summed E-state index contributed by atoms with van der Waals surface area (Å²) in [7, 11) is 0. The Hall–Kier alpha value is -2.36. The molecule has 1 aromatic carbocycles. The van der Waals surface area contributed by atoms with Crippen molar-refractivity contribution in [2.45, 2.75) is 38.1 Å². The Balaban J connectivity index is 1.63. The molecule has 1 aromatic rings. The van der Waals surface area contributed by atoms with Crippen LogP contribution in [-0.2, 0) is 9.47 Å². The smallest absolute Gasteiger partial charge is 0.199 e. The van der Waals surface area contributed by atoms with Crippen LogP contribution in [-0.4, -0.2) is 23.9 Å². The van der Waals surface area contributed by atoms with Gasteiger partial charge in [-0.15, -0.1) is 0 Å². The predicted molar refractivity (Wildman–Crippen MR) is 88.1 cm³/mol. The number of hydrogen-bond acceptors (Lipinski definition) is 4. The van der Waals surface area contributed by atoms with Crippen LogP contribution in [0.5, 0.6) is 0 Å². The summed E-state index contributed by atoms with van der Waals surface area (Å²) in [5.74, 6) is 0. The maximum absolute atomic E-state index is 5.47. The molecule has 0 saturated heterocycles. The van der Waals surface area contributed by atoms with Gasteiger partial charge in [0.05, 0.1) is 12.5 Å². The summed E-state index contributed by atoms with van der Waals surface area (Å²) in [6.07, 6.45) is 12.7. The van der Waals surface area contributed by atoms with Crippen LogP contribution in [0.4, 0.5) is 0 Å². The van der Waals surface area contributed by atoms with Crippen LogP contribution in [0.25, 0.3) is 0 Å². The van der Waals surface area contributed by atoms with Crippen molar-refractivity contribution in [3.63, 3.8) is 0 Å². The number of ether oxygens (including phenoxy) is 2. The Kier molecular flexibility index (Phi) is 3.84. The van der Waals surface area contributed by atoms with Crippen molar-refractivity contribution in [1.82, 2.24) is 0 Å². The van der Waals surface area contributed by atoms with Crippen LogP contribution in [0.1, 0.15) is 37.8 Å². The molecular formula is C18H20N2O2. The van der Waals surface area contributed by atoms with Crippen molar-refractivity contribution in [3.05, 3.63) is 60.1 Å². The van der Waals surface area contributed by atoms with Gasteiger partial charge in [-0.05, 0) is 37.1 Å². The predicted octanol–water partition coefficient (Wildman–Crippen LogP) is 3.82. The van der Waals surface area contributed by atoms with Gasteiger partial charge in [-0.1, -0.05) is 24.3 Å². The van der Waals surface area contributed by atoms with E-state index in [9.17, 15) is 0 Å². The van der Waals surface area contributed by atoms with Gasteiger partial charge in [0.15, 0.2) is 11.4 Å². The van der Waals surface area contributed by atoms with E-state index in [1.165, 1.54) is 0 Å². The van der Waals surface area contributed by atoms with E-state index >= 15 is 0 Å². The molecule has 2 atom stereocenters. The summed E-state index contributed by atoms with van der Waals surface area (Å²) in [4.78, 5) is 9.01. The third kappa shape index (κ3) is 3.45. The van der Waals surface area contributed by atoms with Gasteiger partial charge in [0.1, 0.15) is 0 Å². The number of rotatable bonds is 4. The molecule has 2 unspecified atom stereocenters. The van der Waals surface area contributed by atoms with Crippen LogP contribution in [0, 0.1) is 0 Å². The maximum Gasteiger partial charge on any atom is 0.199 e. The summed E-state index contributed by atoms with van der Waals surface area (Å²) in [5, 5.41) is 0.